The first-order valence-corrected chi connectivity index (χ1v) is 5.86. The predicted octanol–water partition coefficient (Wildman–Crippen LogP) is 3.30. The van der Waals surface area contributed by atoms with Crippen molar-refractivity contribution < 1.29 is 0 Å². The molecule has 0 aliphatic rings. The summed E-state index contributed by atoms with van der Waals surface area (Å²) in [6.45, 7) is 4.53. The highest BCUT2D eigenvalue weighted by Crippen LogP contribution is 2.16. The lowest BCUT2D eigenvalue weighted by atomic mass is 10.0. The molecule has 0 saturated heterocycles. The average Bonchev–Trinajstić information content (AvgIpc) is 2.25. The third-order valence-electron chi connectivity index (χ3n) is 2.61. The van der Waals surface area contributed by atoms with Crippen molar-refractivity contribution >= 4 is 0 Å². The molecular formula is C13H22N2. The van der Waals surface area contributed by atoms with Gasteiger partial charge < -0.3 is 5.73 Å². The first-order valence-electron chi connectivity index (χ1n) is 5.86. The molecule has 0 saturated carbocycles. The smallest absolute Gasteiger partial charge is 0.0570 e. The lowest BCUT2D eigenvalue weighted by Gasteiger charge is -2.11. The molecule has 0 radical (unpaired) electrons. The molecule has 1 heterocycles. The Morgan fingerprint density at radius 1 is 1.20 bits per heavy atom. The molecule has 1 aromatic heterocycles. The lowest BCUT2D eigenvalue weighted by molar-refractivity contribution is 0.501. The van der Waals surface area contributed by atoms with Gasteiger partial charge in [-0.3, -0.25) is 4.98 Å². The second-order valence-corrected chi connectivity index (χ2v) is 4.54. The van der Waals surface area contributed by atoms with Gasteiger partial charge in [-0.25, -0.2) is 0 Å². The summed E-state index contributed by atoms with van der Waals surface area (Å²) in [6, 6.07) is 6.04. The summed E-state index contributed by atoms with van der Waals surface area (Å²) in [7, 11) is 0. The van der Waals surface area contributed by atoms with Gasteiger partial charge in [-0.2, -0.15) is 0 Å². The van der Waals surface area contributed by atoms with E-state index in [-0.39, 0.29) is 6.04 Å². The topological polar surface area (TPSA) is 38.9 Å². The summed E-state index contributed by atoms with van der Waals surface area (Å²) in [5, 5.41) is 0. The van der Waals surface area contributed by atoms with Crippen LogP contribution in [0.3, 0.4) is 0 Å². The fourth-order valence-corrected chi connectivity index (χ4v) is 1.66. The predicted molar refractivity (Wildman–Crippen MR) is 64.5 cm³/mol. The maximum atomic E-state index is 6.05. The minimum Gasteiger partial charge on any atom is -0.323 e. The van der Waals surface area contributed by atoms with E-state index in [9.17, 15) is 0 Å². The number of aromatic nitrogens is 1. The first-order chi connectivity index (χ1) is 7.20. The number of hydrogen-bond acceptors (Lipinski definition) is 2. The van der Waals surface area contributed by atoms with Crippen molar-refractivity contribution in [3.63, 3.8) is 0 Å². The molecular weight excluding hydrogens is 184 g/mol. The molecule has 0 fully saturated rings. The highest BCUT2D eigenvalue weighted by Gasteiger charge is 2.06. The molecule has 0 amide bonds. The van der Waals surface area contributed by atoms with Crippen molar-refractivity contribution in [2.24, 2.45) is 11.7 Å². The maximum Gasteiger partial charge on any atom is 0.0570 e. The van der Waals surface area contributed by atoms with Gasteiger partial charge in [-0.1, -0.05) is 39.2 Å². The molecule has 84 valence electrons. The average molecular weight is 206 g/mol. The van der Waals surface area contributed by atoms with Crippen molar-refractivity contribution in [3.8, 4) is 0 Å². The van der Waals surface area contributed by atoms with E-state index in [0.29, 0.717) is 0 Å². The highest BCUT2D eigenvalue weighted by atomic mass is 14.8. The van der Waals surface area contributed by atoms with Crippen LogP contribution in [0.1, 0.15) is 51.3 Å². The van der Waals surface area contributed by atoms with E-state index in [1.54, 1.807) is 0 Å². The number of nitrogens with zero attached hydrogens (tertiary/aromatic N) is 1. The summed E-state index contributed by atoms with van der Waals surface area (Å²) in [5.41, 5.74) is 7.07. The van der Waals surface area contributed by atoms with E-state index in [1.807, 2.05) is 24.4 Å². The molecule has 0 bridgehead atoms. The number of nitrogens with two attached hydrogens (primary N) is 1. The van der Waals surface area contributed by atoms with Crippen LogP contribution in [0.4, 0.5) is 0 Å². The monoisotopic (exact) mass is 206 g/mol. The van der Waals surface area contributed by atoms with Crippen LogP contribution in [0, 0.1) is 5.92 Å². The fourth-order valence-electron chi connectivity index (χ4n) is 1.66. The zero-order chi connectivity index (χ0) is 11.1. The minimum absolute atomic E-state index is 0.110. The summed E-state index contributed by atoms with van der Waals surface area (Å²) in [6.07, 6.45) is 6.64. The van der Waals surface area contributed by atoms with Gasteiger partial charge >= 0.3 is 0 Å². The van der Waals surface area contributed by atoms with Crippen LogP contribution in [0.5, 0.6) is 0 Å². The summed E-state index contributed by atoms with van der Waals surface area (Å²) in [5.74, 6) is 0.802. The normalized spacial score (nSPS) is 13.1. The zero-order valence-corrected chi connectivity index (χ0v) is 9.82. The van der Waals surface area contributed by atoms with E-state index in [0.717, 1.165) is 18.0 Å². The van der Waals surface area contributed by atoms with Crippen LogP contribution >= 0.6 is 0 Å². The Bertz CT molecular complexity index is 256. The van der Waals surface area contributed by atoms with Crippen molar-refractivity contribution in [1.29, 1.82) is 0 Å². The van der Waals surface area contributed by atoms with E-state index in [4.69, 9.17) is 5.73 Å². The Balaban J connectivity index is 2.22. The van der Waals surface area contributed by atoms with Gasteiger partial charge in [0.2, 0.25) is 0 Å². The van der Waals surface area contributed by atoms with Crippen molar-refractivity contribution in [2.45, 2.75) is 45.6 Å². The van der Waals surface area contributed by atoms with Gasteiger partial charge in [0.1, 0.15) is 0 Å². The van der Waals surface area contributed by atoms with Crippen LogP contribution in [0.15, 0.2) is 24.4 Å². The largest absolute Gasteiger partial charge is 0.323 e. The molecule has 0 aromatic carbocycles. The second kappa shape index (κ2) is 6.57. The van der Waals surface area contributed by atoms with Crippen LogP contribution in [0.25, 0.3) is 0 Å². The third kappa shape index (κ3) is 4.93. The van der Waals surface area contributed by atoms with Gasteiger partial charge in [-0.05, 0) is 24.5 Å². The van der Waals surface area contributed by atoms with E-state index < -0.39 is 0 Å². The molecule has 1 atom stereocenters. The van der Waals surface area contributed by atoms with E-state index in [2.05, 4.69) is 18.8 Å². The highest BCUT2D eigenvalue weighted by molar-refractivity contribution is 5.07. The van der Waals surface area contributed by atoms with Gasteiger partial charge in [0.05, 0.1) is 5.69 Å². The van der Waals surface area contributed by atoms with Crippen LogP contribution in [-0.4, -0.2) is 4.98 Å². The Hall–Kier alpha value is -0.890. The molecule has 2 N–H and O–H groups in total. The zero-order valence-electron chi connectivity index (χ0n) is 9.82. The standard InChI is InChI=1S/C13H22N2/c1-11(2)7-3-4-8-12(14)13-9-5-6-10-15-13/h5-6,9-12H,3-4,7-8,14H2,1-2H3/t12-/m1/s1. The van der Waals surface area contributed by atoms with Gasteiger partial charge in [0.25, 0.3) is 0 Å². The van der Waals surface area contributed by atoms with Crippen molar-refractivity contribution in [3.05, 3.63) is 30.1 Å². The fraction of sp³-hybridized carbons (Fsp3) is 0.615. The lowest BCUT2D eigenvalue weighted by Crippen LogP contribution is -2.11. The van der Waals surface area contributed by atoms with Crippen molar-refractivity contribution in [2.75, 3.05) is 0 Å². The maximum absolute atomic E-state index is 6.05. The van der Waals surface area contributed by atoms with E-state index >= 15 is 0 Å². The van der Waals surface area contributed by atoms with Crippen molar-refractivity contribution in [1.82, 2.24) is 4.98 Å². The minimum atomic E-state index is 0.110. The molecule has 2 heteroatoms. The number of rotatable bonds is 6. The Labute approximate surface area is 92.9 Å². The SMILES string of the molecule is CC(C)CCCC[C@@H](N)c1ccccn1. The molecule has 0 aliphatic carbocycles. The Morgan fingerprint density at radius 3 is 2.53 bits per heavy atom. The summed E-state index contributed by atoms with van der Waals surface area (Å²) < 4.78 is 0. The molecule has 15 heavy (non-hydrogen) atoms. The van der Waals surface area contributed by atoms with E-state index in [1.165, 1.54) is 19.3 Å². The second-order valence-electron chi connectivity index (χ2n) is 4.54. The quantitative estimate of drug-likeness (QED) is 0.725. The molecule has 0 spiro atoms. The van der Waals surface area contributed by atoms with Crippen LogP contribution in [0.2, 0.25) is 0 Å². The van der Waals surface area contributed by atoms with Crippen LogP contribution < -0.4 is 5.73 Å². The molecule has 1 rings (SSSR count). The van der Waals surface area contributed by atoms with Gasteiger partial charge in [0, 0.05) is 12.2 Å². The number of pyridine rings is 1. The molecule has 2 nitrogen and oxygen atoms in total. The van der Waals surface area contributed by atoms with Gasteiger partial charge in [-0.15, -0.1) is 0 Å². The van der Waals surface area contributed by atoms with Gasteiger partial charge in [0.15, 0.2) is 0 Å². The number of hydrogen-bond donors (Lipinski definition) is 1. The first kappa shape index (κ1) is 12.2. The third-order valence-corrected chi connectivity index (χ3v) is 2.61. The molecule has 0 unspecified atom stereocenters. The van der Waals surface area contributed by atoms with Crippen LogP contribution in [-0.2, 0) is 0 Å². The Kier molecular flexibility index (Phi) is 5.33. The Morgan fingerprint density at radius 2 is 1.93 bits per heavy atom. The molecule has 1 aromatic rings. The summed E-state index contributed by atoms with van der Waals surface area (Å²) in [4.78, 5) is 4.27. The summed E-state index contributed by atoms with van der Waals surface area (Å²) >= 11 is 0. The molecule has 0 aliphatic heterocycles. The number of unbranched alkanes of at least 4 members (excludes halogenated alkanes) is 1.